The normalized spacial score (nSPS) is 16.2. The number of nitrogens with zero attached hydrogens (tertiary/aromatic N) is 1. The van der Waals surface area contributed by atoms with Gasteiger partial charge in [-0.1, -0.05) is 30.2 Å². The molecule has 0 atom stereocenters. The average Bonchev–Trinajstić information content (AvgIpc) is 2.70. The fourth-order valence-corrected chi connectivity index (χ4v) is 4.02. The van der Waals surface area contributed by atoms with Gasteiger partial charge in [0.1, 0.15) is 0 Å². The first kappa shape index (κ1) is 21.0. The molecule has 1 aliphatic rings. The topological polar surface area (TPSA) is 61.5 Å². The highest BCUT2D eigenvalue weighted by atomic mass is 35.5. The molecule has 5 heteroatoms. The van der Waals surface area contributed by atoms with E-state index in [-0.39, 0.29) is 0 Å². The number of nitrogens with one attached hydrogen (secondary N) is 1. The Labute approximate surface area is 173 Å². The summed E-state index contributed by atoms with van der Waals surface area (Å²) in [4.78, 5) is 2.36. The second-order valence-electron chi connectivity index (χ2n) is 7.80. The Morgan fingerprint density at radius 1 is 1.07 bits per heavy atom. The van der Waals surface area contributed by atoms with Crippen molar-refractivity contribution in [3.63, 3.8) is 0 Å². The summed E-state index contributed by atoms with van der Waals surface area (Å²) >= 11 is 5.98. The number of anilines is 2. The van der Waals surface area contributed by atoms with Crippen molar-refractivity contribution in [1.29, 1.82) is 0 Å². The van der Waals surface area contributed by atoms with Gasteiger partial charge in [0.15, 0.2) is 0 Å². The number of halogens is 1. The van der Waals surface area contributed by atoms with Crippen LogP contribution in [0.15, 0.2) is 42.5 Å². The molecule has 2 aromatic rings. The van der Waals surface area contributed by atoms with E-state index in [0.29, 0.717) is 5.02 Å². The van der Waals surface area contributed by atoms with Crippen LogP contribution in [0.5, 0.6) is 0 Å². The summed E-state index contributed by atoms with van der Waals surface area (Å²) in [6, 6.07) is 14.2. The molecule has 0 aliphatic carbocycles. The van der Waals surface area contributed by atoms with Crippen LogP contribution in [0.2, 0.25) is 5.02 Å². The van der Waals surface area contributed by atoms with E-state index in [9.17, 15) is 5.11 Å². The third-order valence-electron chi connectivity index (χ3n) is 5.74. The van der Waals surface area contributed by atoms with Gasteiger partial charge in [-0.3, -0.25) is 0 Å². The first-order chi connectivity index (χ1) is 13.5. The first-order valence-corrected chi connectivity index (χ1v) is 10.7. The molecular weight excluding hydrogens is 370 g/mol. The number of aliphatic hydroxyl groups is 1. The van der Waals surface area contributed by atoms with Crippen molar-refractivity contribution < 1.29 is 5.11 Å². The van der Waals surface area contributed by atoms with E-state index in [1.54, 1.807) is 0 Å². The lowest BCUT2D eigenvalue weighted by atomic mass is 9.84. The maximum atomic E-state index is 11.1. The van der Waals surface area contributed by atoms with Crippen LogP contribution in [0, 0.1) is 6.92 Å². The third kappa shape index (κ3) is 5.19. The Balaban J connectivity index is 1.56. The van der Waals surface area contributed by atoms with Gasteiger partial charge in [0.05, 0.1) is 5.60 Å². The number of nitrogens with two attached hydrogens (primary N) is 1. The maximum absolute atomic E-state index is 11.1. The van der Waals surface area contributed by atoms with Crippen LogP contribution in [0.3, 0.4) is 0 Å². The van der Waals surface area contributed by atoms with E-state index in [2.05, 4.69) is 35.3 Å². The Bertz CT molecular complexity index is 755. The van der Waals surface area contributed by atoms with E-state index >= 15 is 0 Å². The van der Waals surface area contributed by atoms with Crippen LogP contribution < -0.4 is 16.0 Å². The number of hydrogen-bond donors (Lipinski definition) is 3. The quantitative estimate of drug-likeness (QED) is 0.562. The number of rotatable bonds is 8. The zero-order valence-corrected chi connectivity index (χ0v) is 17.5. The number of hydrogen-bond acceptors (Lipinski definition) is 4. The molecule has 4 N–H and O–H groups in total. The minimum atomic E-state index is -0.763. The molecule has 2 aromatic carbocycles. The summed E-state index contributed by atoms with van der Waals surface area (Å²) < 4.78 is 0. The summed E-state index contributed by atoms with van der Waals surface area (Å²) in [5.41, 5.74) is 9.43. The van der Waals surface area contributed by atoms with Gasteiger partial charge in [-0.05, 0) is 80.6 Å². The van der Waals surface area contributed by atoms with Gasteiger partial charge in [-0.15, -0.1) is 0 Å². The van der Waals surface area contributed by atoms with Crippen molar-refractivity contribution >= 4 is 23.0 Å². The van der Waals surface area contributed by atoms with Gasteiger partial charge < -0.3 is 21.1 Å². The standard InChI is InChI=1S/C23H32ClN3O/c1-18-17-21(9-10-22(18)26-14-4-2-3-13-25)27-15-11-23(28,12-16-27)19-5-7-20(24)8-6-19/h5-10,17,26,28H,2-4,11-16,25H2,1H3. The number of piperidine rings is 1. The largest absolute Gasteiger partial charge is 0.385 e. The molecule has 28 heavy (non-hydrogen) atoms. The molecule has 1 heterocycles. The van der Waals surface area contributed by atoms with Crippen molar-refractivity contribution in [2.75, 3.05) is 36.4 Å². The molecule has 1 saturated heterocycles. The molecule has 1 aliphatic heterocycles. The van der Waals surface area contributed by atoms with E-state index in [4.69, 9.17) is 17.3 Å². The molecule has 152 valence electrons. The Morgan fingerprint density at radius 3 is 2.43 bits per heavy atom. The fraction of sp³-hybridized carbons (Fsp3) is 0.478. The first-order valence-electron chi connectivity index (χ1n) is 10.3. The van der Waals surface area contributed by atoms with Crippen LogP contribution >= 0.6 is 11.6 Å². The Morgan fingerprint density at radius 2 is 1.79 bits per heavy atom. The molecular formula is C23H32ClN3O. The zero-order valence-electron chi connectivity index (χ0n) is 16.8. The van der Waals surface area contributed by atoms with Gasteiger partial charge in [0.25, 0.3) is 0 Å². The van der Waals surface area contributed by atoms with E-state index < -0.39 is 5.60 Å². The minimum absolute atomic E-state index is 0.702. The molecule has 0 unspecified atom stereocenters. The molecule has 1 fully saturated rings. The molecule has 0 saturated carbocycles. The highest BCUT2D eigenvalue weighted by Crippen LogP contribution is 2.35. The summed E-state index contributed by atoms with van der Waals surface area (Å²) in [6.07, 6.45) is 4.85. The highest BCUT2D eigenvalue weighted by Gasteiger charge is 2.34. The van der Waals surface area contributed by atoms with Crippen molar-refractivity contribution in [2.45, 2.75) is 44.6 Å². The lowest BCUT2D eigenvalue weighted by molar-refractivity contribution is 0.0118. The summed E-state index contributed by atoms with van der Waals surface area (Å²) in [6.45, 7) is 5.59. The molecule has 0 amide bonds. The van der Waals surface area contributed by atoms with Crippen molar-refractivity contribution in [3.05, 3.63) is 58.6 Å². The SMILES string of the molecule is Cc1cc(N2CCC(O)(c3ccc(Cl)cc3)CC2)ccc1NCCCCCN. The molecule has 0 aromatic heterocycles. The Hall–Kier alpha value is -1.75. The molecule has 4 nitrogen and oxygen atoms in total. The van der Waals surface area contributed by atoms with Gasteiger partial charge in [-0.2, -0.15) is 0 Å². The van der Waals surface area contributed by atoms with Crippen LogP contribution in [-0.2, 0) is 5.60 Å². The smallest absolute Gasteiger partial charge is 0.0930 e. The minimum Gasteiger partial charge on any atom is -0.385 e. The average molecular weight is 402 g/mol. The lowest BCUT2D eigenvalue weighted by Crippen LogP contribution is -2.42. The summed E-state index contributed by atoms with van der Waals surface area (Å²) in [7, 11) is 0. The second-order valence-corrected chi connectivity index (χ2v) is 8.24. The predicted octanol–water partition coefficient (Wildman–Crippen LogP) is 4.68. The Kier molecular flexibility index (Phi) is 7.22. The van der Waals surface area contributed by atoms with Gasteiger partial charge >= 0.3 is 0 Å². The van der Waals surface area contributed by atoms with E-state index in [0.717, 1.165) is 57.4 Å². The number of unbranched alkanes of at least 4 members (excludes halogenated alkanes) is 2. The van der Waals surface area contributed by atoms with Crippen molar-refractivity contribution in [1.82, 2.24) is 0 Å². The summed E-state index contributed by atoms with van der Waals surface area (Å²) in [5.74, 6) is 0. The van der Waals surface area contributed by atoms with E-state index in [1.165, 1.54) is 23.4 Å². The van der Waals surface area contributed by atoms with Gasteiger partial charge in [0, 0.05) is 36.0 Å². The van der Waals surface area contributed by atoms with Crippen LogP contribution in [0.4, 0.5) is 11.4 Å². The van der Waals surface area contributed by atoms with Gasteiger partial charge in [0.2, 0.25) is 0 Å². The van der Waals surface area contributed by atoms with E-state index in [1.807, 2.05) is 24.3 Å². The third-order valence-corrected chi connectivity index (χ3v) is 6.00. The predicted molar refractivity (Wildman–Crippen MR) is 119 cm³/mol. The van der Waals surface area contributed by atoms with Crippen molar-refractivity contribution in [3.8, 4) is 0 Å². The van der Waals surface area contributed by atoms with Crippen molar-refractivity contribution in [2.24, 2.45) is 5.73 Å². The second kappa shape index (κ2) is 9.64. The maximum Gasteiger partial charge on any atom is 0.0930 e. The lowest BCUT2D eigenvalue weighted by Gasteiger charge is -2.40. The van der Waals surface area contributed by atoms with Crippen LogP contribution in [0.25, 0.3) is 0 Å². The fourth-order valence-electron chi connectivity index (χ4n) is 3.90. The highest BCUT2D eigenvalue weighted by molar-refractivity contribution is 6.30. The number of benzene rings is 2. The molecule has 0 bridgehead atoms. The monoisotopic (exact) mass is 401 g/mol. The van der Waals surface area contributed by atoms with Crippen LogP contribution in [0.1, 0.15) is 43.2 Å². The summed E-state index contributed by atoms with van der Waals surface area (Å²) in [5, 5.41) is 15.3. The molecule has 0 radical (unpaired) electrons. The van der Waals surface area contributed by atoms with Gasteiger partial charge in [-0.25, -0.2) is 0 Å². The van der Waals surface area contributed by atoms with Crippen LogP contribution in [-0.4, -0.2) is 31.3 Å². The molecule has 3 rings (SSSR count). The number of aryl methyl sites for hydroxylation is 1. The zero-order chi connectivity index (χ0) is 20.0. The molecule has 0 spiro atoms.